The second-order valence-corrected chi connectivity index (χ2v) is 6.02. The van der Waals surface area contributed by atoms with Crippen LogP contribution in [0.25, 0.3) is 0 Å². The molecule has 1 saturated heterocycles. The summed E-state index contributed by atoms with van der Waals surface area (Å²) in [5.74, 6) is -0.0638. The number of hydrogen-bond acceptors (Lipinski definition) is 2. The molecular weight excluding hydrogens is 236 g/mol. The smallest absolute Gasteiger partial charge is 0.338 e. The van der Waals surface area contributed by atoms with Crippen molar-refractivity contribution in [2.24, 2.45) is 0 Å². The standard InChI is InChI=1S/C17H28O2/c18-17-15-13-11-9-7-5-3-1-2-4-6-8-10-12-14-16(15)19-17/h13,16H,1-12,14H2. The first kappa shape index (κ1) is 14.6. The Hall–Kier alpha value is -0.790. The van der Waals surface area contributed by atoms with Crippen molar-refractivity contribution in [3.8, 4) is 0 Å². The molecule has 1 aliphatic carbocycles. The van der Waals surface area contributed by atoms with E-state index < -0.39 is 0 Å². The van der Waals surface area contributed by atoms with Crippen molar-refractivity contribution in [1.29, 1.82) is 0 Å². The van der Waals surface area contributed by atoms with Gasteiger partial charge in [0.1, 0.15) is 6.10 Å². The molecule has 1 unspecified atom stereocenters. The Bertz CT molecular complexity index is 306. The van der Waals surface area contributed by atoms with Crippen LogP contribution >= 0.6 is 0 Å². The molecular formula is C17H28O2. The fourth-order valence-electron chi connectivity index (χ4n) is 3.09. The number of carbonyl (C=O) groups excluding carboxylic acids is 1. The number of carbonyl (C=O) groups is 1. The fraction of sp³-hybridized carbons (Fsp3) is 0.824. The molecule has 0 aromatic carbocycles. The highest BCUT2D eigenvalue weighted by Crippen LogP contribution is 2.27. The average Bonchev–Trinajstić information content (AvgIpc) is 2.40. The van der Waals surface area contributed by atoms with Crippen LogP contribution in [0.5, 0.6) is 0 Å². The number of allylic oxidation sites excluding steroid dienone is 1. The molecule has 0 bridgehead atoms. The van der Waals surface area contributed by atoms with E-state index in [-0.39, 0.29) is 12.1 Å². The third kappa shape index (κ3) is 5.00. The van der Waals surface area contributed by atoms with Crippen molar-refractivity contribution in [3.63, 3.8) is 0 Å². The summed E-state index contributed by atoms with van der Waals surface area (Å²) >= 11 is 0. The quantitative estimate of drug-likeness (QED) is 0.580. The summed E-state index contributed by atoms with van der Waals surface area (Å²) in [6.45, 7) is 0. The second kappa shape index (κ2) is 8.39. The average molecular weight is 264 g/mol. The minimum Gasteiger partial charge on any atom is -0.454 e. The van der Waals surface area contributed by atoms with E-state index in [2.05, 4.69) is 6.08 Å². The van der Waals surface area contributed by atoms with Crippen LogP contribution in [0.3, 0.4) is 0 Å². The van der Waals surface area contributed by atoms with E-state index in [1.54, 1.807) is 0 Å². The molecule has 108 valence electrons. The molecule has 0 N–H and O–H groups in total. The van der Waals surface area contributed by atoms with Gasteiger partial charge in [0, 0.05) is 0 Å². The first-order valence-corrected chi connectivity index (χ1v) is 8.29. The number of fused-ring (bicyclic) bond motifs is 1. The second-order valence-electron chi connectivity index (χ2n) is 6.02. The molecule has 2 aliphatic rings. The molecule has 2 nitrogen and oxygen atoms in total. The highest BCUT2D eigenvalue weighted by atomic mass is 16.6. The van der Waals surface area contributed by atoms with E-state index in [0.29, 0.717) is 0 Å². The molecule has 0 aromatic rings. The summed E-state index contributed by atoms with van der Waals surface area (Å²) in [5.41, 5.74) is 0.965. The third-order valence-electron chi connectivity index (χ3n) is 4.37. The highest BCUT2D eigenvalue weighted by Gasteiger charge is 2.34. The van der Waals surface area contributed by atoms with Gasteiger partial charge in [-0.2, -0.15) is 0 Å². The van der Waals surface area contributed by atoms with Crippen LogP contribution < -0.4 is 0 Å². The van der Waals surface area contributed by atoms with Gasteiger partial charge < -0.3 is 4.74 Å². The summed E-state index contributed by atoms with van der Waals surface area (Å²) in [5, 5.41) is 0. The number of rotatable bonds is 0. The molecule has 1 fully saturated rings. The fourth-order valence-corrected chi connectivity index (χ4v) is 3.09. The summed E-state index contributed by atoms with van der Waals surface area (Å²) in [7, 11) is 0. The lowest BCUT2D eigenvalue weighted by molar-refractivity contribution is -0.156. The molecule has 1 aliphatic heterocycles. The lowest BCUT2D eigenvalue weighted by Crippen LogP contribution is -2.36. The van der Waals surface area contributed by atoms with Gasteiger partial charge in [-0.3, -0.25) is 0 Å². The predicted molar refractivity (Wildman–Crippen MR) is 78.0 cm³/mol. The predicted octanol–water partition coefficient (Wildman–Crippen LogP) is 4.92. The van der Waals surface area contributed by atoms with Gasteiger partial charge in [0.2, 0.25) is 0 Å². The summed E-state index contributed by atoms with van der Waals surface area (Å²) in [6, 6.07) is 0. The zero-order valence-corrected chi connectivity index (χ0v) is 12.2. The van der Waals surface area contributed by atoms with E-state index in [0.717, 1.165) is 18.4 Å². The van der Waals surface area contributed by atoms with Crippen LogP contribution in [0.2, 0.25) is 0 Å². The van der Waals surface area contributed by atoms with Gasteiger partial charge in [-0.1, -0.05) is 63.9 Å². The summed E-state index contributed by atoms with van der Waals surface area (Å²) in [6.07, 6.45) is 19.1. The van der Waals surface area contributed by atoms with Gasteiger partial charge in [0.05, 0.1) is 5.57 Å². The first-order valence-electron chi connectivity index (χ1n) is 8.29. The van der Waals surface area contributed by atoms with E-state index >= 15 is 0 Å². The van der Waals surface area contributed by atoms with Crippen LogP contribution in [0.1, 0.15) is 83.5 Å². The Balaban J connectivity index is 1.76. The molecule has 1 heterocycles. The van der Waals surface area contributed by atoms with E-state index in [9.17, 15) is 4.79 Å². The number of esters is 1. The third-order valence-corrected chi connectivity index (χ3v) is 4.37. The van der Waals surface area contributed by atoms with Crippen LogP contribution in [-0.4, -0.2) is 12.1 Å². The Kier molecular flexibility index (Phi) is 6.46. The minimum atomic E-state index is -0.0638. The van der Waals surface area contributed by atoms with Crippen LogP contribution in [0.4, 0.5) is 0 Å². The molecule has 0 saturated carbocycles. The molecule has 0 spiro atoms. The molecule has 19 heavy (non-hydrogen) atoms. The van der Waals surface area contributed by atoms with Crippen molar-refractivity contribution in [3.05, 3.63) is 11.6 Å². The monoisotopic (exact) mass is 264 g/mol. The van der Waals surface area contributed by atoms with Gasteiger partial charge >= 0.3 is 5.97 Å². The van der Waals surface area contributed by atoms with Crippen molar-refractivity contribution in [2.75, 3.05) is 0 Å². The summed E-state index contributed by atoms with van der Waals surface area (Å²) in [4.78, 5) is 11.4. The zero-order chi connectivity index (χ0) is 13.3. The number of hydrogen-bond donors (Lipinski definition) is 0. The van der Waals surface area contributed by atoms with Crippen LogP contribution in [-0.2, 0) is 9.53 Å². The van der Waals surface area contributed by atoms with E-state index in [1.165, 1.54) is 70.6 Å². The highest BCUT2D eigenvalue weighted by molar-refractivity contribution is 5.95. The minimum absolute atomic E-state index is 0.0638. The van der Waals surface area contributed by atoms with Crippen LogP contribution in [0.15, 0.2) is 11.6 Å². The largest absolute Gasteiger partial charge is 0.454 e. The van der Waals surface area contributed by atoms with Gasteiger partial charge in [-0.05, 0) is 25.7 Å². The van der Waals surface area contributed by atoms with Crippen molar-refractivity contribution >= 4 is 5.97 Å². The first-order chi connectivity index (χ1) is 9.38. The van der Waals surface area contributed by atoms with Gasteiger partial charge in [0.15, 0.2) is 0 Å². The topological polar surface area (TPSA) is 26.3 Å². The van der Waals surface area contributed by atoms with Crippen molar-refractivity contribution in [1.82, 2.24) is 0 Å². The lowest BCUT2D eigenvalue weighted by Gasteiger charge is -2.29. The Morgan fingerprint density at radius 2 is 1.32 bits per heavy atom. The van der Waals surface area contributed by atoms with Crippen LogP contribution in [0, 0.1) is 0 Å². The van der Waals surface area contributed by atoms with E-state index in [4.69, 9.17) is 4.74 Å². The van der Waals surface area contributed by atoms with Gasteiger partial charge in [-0.25, -0.2) is 4.79 Å². The molecule has 0 radical (unpaired) electrons. The SMILES string of the molecule is O=C1OC2CCCCCCCCCCCCCC=C12. The molecule has 0 aromatic heterocycles. The Labute approximate surface area is 117 Å². The molecule has 0 amide bonds. The lowest BCUT2D eigenvalue weighted by atomic mass is 9.95. The maximum absolute atomic E-state index is 11.4. The molecule has 2 rings (SSSR count). The van der Waals surface area contributed by atoms with Gasteiger partial charge in [0.25, 0.3) is 0 Å². The van der Waals surface area contributed by atoms with Gasteiger partial charge in [-0.15, -0.1) is 0 Å². The maximum atomic E-state index is 11.4. The molecule has 1 atom stereocenters. The number of ether oxygens (including phenoxy) is 1. The zero-order valence-electron chi connectivity index (χ0n) is 12.2. The van der Waals surface area contributed by atoms with Crippen molar-refractivity contribution < 1.29 is 9.53 Å². The summed E-state index contributed by atoms with van der Waals surface area (Å²) < 4.78 is 5.24. The Morgan fingerprint density at radius 3 is 1.89 bits per heavy atom. The normalized spacial score (nSPS) is 27.7. The van der Waals surface area contributed by atoms with E-state index in [1.807, 2.05) is 0 Å². The maximum Gasteiger partial charge on any atom is 0.338 e. The Morgan fingerprint density at radius 1 is 0.789 bits per heavy atom. The van der Waals surface area contributed by atoms with Crippen molar-refractivity contribution in [2.45, 2.75) is 89.6 Å². The molecule has 2 heteroatoms.